The van der Waals surface area contributed by atoms with Gasteiger partial charge in [-0.3, -0.25) is 14.8 Å². The number of benzene rings is 2. The Bertz CT molecular complexity index is 1500. The molecule has 0 unspecified atom stereocenters. The highest BCUT2D eigenvalue weighted by atomic mass is 19.4. The van der Waals surface area contributed by atoms with Gasteiger partial charge in [0.2, 0.25) is 0 Å². The maximum Gasteiger partial charge on any atom is 0.491 e. The zero-order valence-electron chi connectivity index (χ0n) is 18.8. The first-order valence-electron chi connectivity index (χ1n) is 10.6. The molecule has 13 heteroatoms. The summed E-state index contributed by atoms with van der Waals surface area (Å²) in [6.07, 6.45) is -7.57. The standard InChI is InChI=1S/C25H14F7N3O3/c26-17-2-1-10-34-21(17)20(13-3-6-15(7-4-13)24(27,28)29)35-22(36)14-5-8-18-16(12-14)19(9-11-33-18)38-23(37)25(30,31)32/h1-12,20H,(H,35,36)/t20-/m0/s1. The van der Waals surface area contributed by atoms with Crippen LogP contribution in [0.4, 0.5) is 30.7 Å². The maximum atomic E-state index is 14.6. The summed E-state index contributed by atoms with van der Waals surface area (Å²) in [4.78, 5) is 32.3. The predicted octanol–water partition coefficient (Wildman–Crippen LogP) is 5.77. The first-order valence-corrected chi connectivity index (χ1v) is 10.6. The van der Waals surface area contributed by atoms with Gasteiger partial charge in [-0.1, -0.05) is 12.1 Å². The summed E-state index contributed by atoms with van der Waals surface area (Å²) in [6.45, 7) is 0. The number of nitrogens with one attached hydrogen (secondary N) is 1. The summed E-state index contributed by atoms with van der Waals surface area (Å²) < 4.78 is 96.0. The summed E-state index contributed by atoms with van der Waals surface area (Å²) in [7, 11) is 0. The van der Waals surface area contributed by atoms with E-state index in [1.807, 2.05) is 0 Å². The molecule has 1 amide bonds. The first kappa shape index (κ1) is 26.5. The number of carbonyl (C=O) groups is 2. The van der Waals surface area contributed by atoms with E-state index in [2.05, 4.69) is 20.0 Å². The fourth-order valence-electron chi connectivity index (χ4n) is 3.51. The van der Waals surface area contributed by atoms with Crippen LogP contribution in [0.25, 0.3) is 10.9 Å². The van der Waals surface area contributed by atoms with Crippen molar-refractivity contribution in [3.8, 4) is 5.75 Å². The normalized spacial score (nSPS) is 12.7. The lowest BCUT2D eigenvalue weighted by Gasteiger charge is -2.20. The fourth-order valence-corrected chi connectivity index (χ4v) is 3.51. The van der Waals surface area contributed by atoms with E-state index >= 15 is 0 Å². The van der Waals surface area contributed by atoms with Crippen LogP contribution in [0.5, 0.6) is 5.75 Å². The molecule has 6 nitrogen and oxygen atoms in total. The van der Waals surface area contributed by atoms with Crippen molar-refractivity contribution < 1.29 is 45.1 Å². The van der Waals surface area contributed by atoms with Crippen LogP contribution in [0, 0.1) is 5.82 Å². The fraction of sp³-hybridized carbons (Fsp3) is 0.120. The molecule has 2 aromatic heterocycles. The average molecular weight is 537 g/mol. The van der Waals surface area contributed by atoms with E-state index in [0.717, 1.165) is 48.7 Å². The van der Waals surface area contributed by atoms with Crippen molar-refractivity contribution in [1.82, 2.24) is 15.3 Å². The highest BCUT2D eigenvalue weighted by Gasteiger charge is 2.41. The van der Waals surface area contributed by atoms with Crippen molar-refractivity contribution in [2.45, 2.75) is 18.4 Å². The van der Waals surface area contributed by atoms with E-state index in [0.29, 0.717) is 0 Å². The molecule has 196 valence electrons. The van der Waals surface area contributed by atoms with Crippen molar-refractivity contribution in [1.29, 1.82) is 0 Å². The Labute approximate surface area is 209 Å². The number of hydrogen-bond donors (Lipinski definition) is 1. The number of hydrogen-bond acceptors (Lipinski definition) is 5. The summed E-state index contributed by atoms with van der Waals surface area (Å²) in [6, 6.07) is 9.29. The lowest BCUT2D eigenvalue weighted by Crippen LogP contribution is -2.30. The van der Waals surface area contributed by atoms with Gasteiger partial charge in [0.25, 0.3) is 5.91 Å². The van der Waals surface area contributed by atoms with E-state index in [1.54, 1.807) is 0 Å². The maximum absolute atomic E-state index is 14.6. The highest BCUT2D eigenvalue weighted by Crippen LogP contribution is 2.32. The van der Waals surface area contributed by atoms with Crippen molar-refractivity contribution in [2.24, 2.45) is 0 Å². The minimum atomic E-state index is -5.27. The van der Waals surface area contributed by atoms with E-state index in [9.17, 15) is 40.3 Å². The molecule has 4 rings (SSSR count). The van der Waals surface area contributed by atoms with Crippen LogP contribution in [0.15, 0.2) is 73.1 Å². The third-order valence-corrected chi connectivity index (χ3v) is 5.30. The number of fused-ring (bicyclic) bond motifs is 1. The molecular weight excluding hydrogens is 523 g/mol. The van der Waals surface area contributed by atoms with Crippen LogP contribution in [-0.2, 0) is 11.0 Å². The number of alkyl halides is 6. The number of amides is 1. The molecule has 0 radical (unpaired) electrons. The molecule has 2 aromatic carbocycles. The van der Waals surface area contributed by atoms with Crippen molar-refractivity contribution in [2.75, 3.05) is 0 Å². The van der Waals surface area contributed by atoms with E-state index in [4.69, 9.17) is 0 Å². The molecule has 0 saturated carbocycles. The van der Waals surface area contributed by atoms with Crippen LogP contribution in [0.1, 0.15) is 33.2 Å². The molecule has 0 spiro atoms. The monoisotopic (exact) mass is 537 g/mol. The quantitative estimate of drug-likeness (QED) is 0.258. The second-order valence-corrected chi connectivity index (χ2v) is 7.83. The average Bonchev–Trinajstić information content (AvgIpc) is 2.86. The smallest absolute Gasteiger partial charge is 0.419 e. The summed E-state index contributed by atoms with van der Waals surface area (Å²) in [5, 5.41) is 2.38. The van der Waals surface area contributed by atoms with Crippen LogP contribution in [0.3, 0.4) is 0 Å². The van der Waals surface area contributed by atoms with Crippen LogP contribution >= 0.6 is 0 Å². The topological polar surface area (TPSA) is 81.2 Å². The second kappa shape index (κ2) is 10.1. The molecule has 1 N–H and O–H groups in total. The van der Waals surface area contributed by atoms with Gasteiger partial charge in [-0.15, -0.1) is 0 Å². The van der Waals surface area contributed by atoms with Crippen molar-refractivity contribution >= 4 is 22.8 Å². The Morgan fingerprint density at radius 3 is 2.21 bits per heavy atom. The molecular formula is C25H14F7N3O3. The number of esters is 1. The van der Waals surface area contributed by atoms with Crippen molar-refractivity contribution in [3.63, 3.8) is 0 Å². The Hall–Kier alpha value is -4.55. The second-order valence-electron chi connectivity index (χ2n) is 7.83. The van der Waals surface area contributed by atoms with Crippen LogP contribution in [0.2, 0.25) is 0 Å². The van der Waals surface area contributed by atoms with E-state index < -0.39 is 47.4 Å². The minimum absolute atomic E-state index is 0.0752. The molecule has 0 aliphatic rings. The van der Waals surface area contributed by atoms with Gasteiger partial charge in [-0.25, -0.2) is 9.18 Å². The number of rotatable bonds is 5. The number of pyridine rings is 2. The lowest BCUT2D eigenvalue weighted by atomic mass is 10.00. The molecule has 0 aliphatic heterocycles. The largest absolute Gasteiger partial charge is 0.491 e. The molecule has 0 aliphatic carbocycles. The number of aromatic nitrogens is 2. The minimum Gasteiger partial charge on any atom is -0.419 e. The predicted molar refractivity (Wildman–Crippen MR) is 118 cm³/mol. The zero-order valence-corrected chi connectivity index (χ0v) is 18.8. The van der Waals surface area contributed by atoms with Gasteiger partial charge in [0.1, 0.15) is 17.3 Å². The summed E-state index contributed by atoms with van der Waals surface area (Å²) in [5.41, 5.74) is -1.23. The molecule has 38 heavy (non-hydrogen) atoms. The Morgan fingerprint density at radius 2 is 1.58 bits per heavy atom. The SMILES string of the molecule is O=C(N[C@@H](c1ccc(C(F)(F)F)cc1)c1ncccc1F)c1ccc2nccc(OC(=O)C(F)(F)F)c2c1. The van der Waals surface area contributed by atoms with Crippen molar-refractivity contribution in [3.05, 3.63) is 101 Å². The molecule has 2 heterocycles. The molecule has 1 atom stereocenters. The molecule has 0 saturated heterocycles. The third kappa shape index (κ3) is 5.71. The first-order chi connectivity index (χ1) is 17.8. The van der Waals surface area contributed by atoms with Gasteiger partial charge >= 0.3 is 18.3 Å². The van der Waals surface area contributed by atoms with Gasteiger partial charge in [-0.05, 0) is 54.1 Å². The Morgan fingerprint density at radius 1 is 0.868 bits per heavy atom. The van der Waals surface area contributed by atoms with E-state index in [-0.39, 0.29) is 27.7 Å². The Balaban J connectivity index is 1.70. The lowest BCUT2D eigenvalue weighted by molar-refractivity contribution is -0.189. The van der Waals surface area contributed by atoms with Crippen LogP contribution < -0.4 is 10.1 Å². The van der Waals surface area contributed by atoms with Crippen LogP contribution in [-0.4, -0.2) is 28.0 Å². The summed E-state index contributed by atoms with van der Waals surface area (Å²) in [5.74, 6) is -4.71. The Kier molecular flexibility index (Phi) is 7.03. The molecule has 4 aromatic rings. The molecule has 0 bridgehead atoms. The zero-order chi connectivity index (χ0) is 27.7. The highest BCUT2D eigenvalue weighted by molar-refractivity contribution is 6.00. The third-order valence-electron chi connectivity index (χ3n) is 5.30. The van der Waals surface area contributed by atoms with Gasteiger partial charge in [0.15, 0.2) is 0 Å². The number of halogens is 7. The van der Waals surface area contributed by atoms with E-state index in [1.165, 1.54) is 24.4 Å². The number of nitrogens with zero attached hydrogens (tertiary/aromatic N) is 2. The number of carbonyl (C=O) groups excluding carboxylic acids is 2. The van der Waals surface area contributed by atoms with Gasteiger partial charge < -0.3 is 10.1 Å². The van der Waals surface area contributed by atoms with Gasteiger partial charge in [-0.2, -0.15) is 26.3 Å². The molecule has 0 fully saturated rings. The number of ether oxygens (including phenoxy) is 1. The summed E-state index contributed by atoms with van der Waals surface area (Å²) >= 11 is 0. The van der Waals surface area contributed by atoms with Gasteiger partial charge in [0, 0.05) is 23.3 Å². The van der Waals surface area contributed by atoms with Gasteiger partial charge in [0.05, 0.1) is 17.1 Å².